The second-order valence-electron chi connectivity index (χ2n) is 7.56. The third kappa shape index (κ3) is 3.37. The lowest BCUT2D eigenvalue weighted by molar-refractivity contribution is -0.438. The Morgan fingerprint density at radius 2 is 1.93 bits per heavy atom. The SMILES string of the molecule is CC1(C)C(/C=C2\C(=O)C(=O)C2[O-])=[N+](CCCCCC(=O)O)c2ccccc21. The van der Waals surface area contributed by atoms with Gasteiger partial charge in [-0.1, -0.05) is 18.2 Å². The maximum Gasteiger partial charge on any atom is 0.303 e. The normalized spacial score (nSPS) is 22.2. The van der Waals surface area contributed by atoms with E-state index in [1.807, 2.05) is 38.1 Å². The Morgan fingerprint density at radius 3 is 2.59 bits per heavy atom. The number of para-hydroxylation sites is 1. The molecule has 3 rings (SSSR count). The summed E-state index contributed by atoms with van der Waals surface area (Å²) in [7, 11) is 0. The third-order valence-electron chi connectivity index (χ3n) is 5.37. The molecule has 1 saturated carbocycles. The van der Waals surface area contributed by atoms with Crippen LogP contribution in [-0.4, -0.2) is 45.6 Å². The Morgan fingerprint density at radius 1 is 1.22 bits per heavy atom. The molecule has 1 N–H and O–H groups in total. The van der Waals surface area contributed by atoms with E-state index < -0.39 is 29.1 Å². The zero-order chi connectivity index (χ0) is 19.8. The molecular weight excluding hydrogens is 346 g/mol. The Hall–Kier alpha value is -2.60. The second-order valence-corrected chi connectivity index (χ2v) is 7.56. The summed E-state index contributed by atoms with van der Waals surface area (Å²) in [5, 5.41) is 20.6. The first kappa shape index (κ1) is 19.2. The highest BCUT2D eigenvalue weighted by Gasteiger charge is 2.46. The van der Waals surface area contributed by atoms with Crippen molar-refractivity contribution in [2.45, 2.75) is 51.0 Å². The first-order valence-corrected chi connectivity index (χ1v) is 9.17. The lowest BCUT2D eigenvalue weighted by atomic mass is 9.77. The molecule has 0 saturated heterocycles. The van der Waals surface area contributed by atoms with Crippen molar-refractivity contribution in [3.63, 3.8) is 0 Å². The van der Waals surface area contributed by atoms with Gasteiger partial charge >= 0.3 is 5.97 Å². The number of benzene rings is 1. The number of ketones is 2. The molecule has 1 aliphatic carbocycles. The molecule has 1 atom stereocenters. The topological polar surface area (TPSA) is 97.5 Å². The minimum atomic E-state index is -1.58. The number of aliphatic carboxylic acids is 1. The summed E-state index contributed by atoms with van der Waals surface area (Å²) in [6.45, 7) is 4.73. The molecule has 0 bridgehead atoms. The van der Waals surface area contributed by atoms with Crippen LogP contribution in [-0.2, 0) is 19.8 Å². The summed E-state index contributed by atoms with van der Waals surface area (Å²) in [4.78, 5) is 33.8. The Balaban J connectivity index is 1.91. The number of nitrogens with zero attached hydrogens (tertiary/aromatic N) is 1. The number of rotatable bonds is 7. The van der Waals surface area contributed by atoms with Crippen molar-refractivity contribution in [3.8, 4) is 0 Å². The predicted molar refractivity (Wildman–Crippen MR) is 97.3 cm³/mol. The maximum absolute atomic E-state index is 11.9. The van der Waals surface area contributed by atoms with Gasteiger partial charge in [0.2, 0.25) is 11.5 Å². The predicted octanol–water partition coefficient (Wildman–Crippen LogP) is 1.51. The van der Waals surface area contributed by atoms with E-state index in [1.54, 1.807) is 6.08 Å². The zero-order valence-corrected chi connectivity index (χ0v) is 15.5. The standard InChI is InChI=1S/C21H23NO5/c1-21(2)14-8-5-6-9-15(14)22(11-7-3-4-10-17(23)24)16(21)12-13-18(25)20(27)19(13)26/h5-6,8-9,12,18H,3-4,7,10-11H2,1-2H3,(H,23,24)/b13-12-. The van der Waals surface area contributed by atoms with Crippen molar-refractivity contribution in [1.29, 1.82) is 0 Å². The van der Waals surface area contributed by atoms with Crippen LogP contribution in [0.1, 0.15) is 45.1 Å². The Kier molecular flexibility index (Phi) is 5.11. The van der Waals surface area contributed by atoms with Gasteiger partial charge in [-0.05, 0) is 32.8 Å². The molecule has 27 heavy (non-hydrogen) atoms. The van der Waals surface area contributed by atoms with Gasteiger partial charge in [0.15, 0.2) is 11.5 Å². The molecule has 1 aliphatic heterocycles. The molecule has 1 heterocycles. The number of carbonyl (C=O) groups excluding carboxylic acids is 2. The summed E-state index contributed by atoms with van der Waals surface area (Å²) < 4.78 is 2.09. The molecule has 142 valence electrons. The van der Waals surface area contributed by atoms with Gasteiger partial charge in [-0.25, -0.2) is 0 Å². The number of Topliss-reactive ketones (excluding diaryl/α,β-unsaturated/α-hetero) is 2. The largest absolute Gasteiger partial charge is 0.842 e. The van der Waals surface area contributed by atoms with Crippen molar-refractivity contribution in [2.24, 2.45) is 0 Å². The first-order valence-electron chi connectivity index (χ1n) is 9.17. The summed E-state index contributed by atoms with van der Waals surface area (Å²) in [6, 6.07) is 7.93. The average molecular weight is 369 g/mol. The van der Waals surface area contributed by atoms with Gasteiger partial charge in [0.1, 0.15) is 6.54 Å². The van der Waals surface area contributed by atoms with Crippen molar-refractivity contribution in [2.75, 3.05) is 6.54 Å². The van der Waals surface area contributed by atoms with Crippen molar-refractivity contribution >= 4 is 28.9 Å². The maximum atomic E-state index is 11.9. The molecule has 6 heteroatoms. The molecule has 0 radical (unpaired) electrons. The van der Waals surface area contributed by atoms with E-state index in [9.17, 15) is 19.5 Å². The van der Waals surface area contributed by atoms with Gasteiger partial charge in [-0.3, -0.25) is 14.4 Å². The average Bonchev–Trinajstić information content (AvgIpc) is 2.85. The fourth-order valence-electron chi connectivity index (χ4n) is 3.80. The number of hydrogen-bond donors (Lipinski definition) is 1. The van der Waals surface area contributed by atoms with Crippen LogP contribution in [0.15, 0.2) is 35.9 Å². The van der Waals surface area contributed by atoms with Gasteiger partial charge in [0, 0.05) is 36.1 Å². The highest BCUT2D eigenvalue weighted by Crippen LogP contribution is 2.40. The van der Waals surface area contributed by atoms with E-state index in [0.29, 0.717) is 13.0 Å². The second kappa shape index (κ2) is 7.19. The molecule has 1 fully saturated rings. The number of carboxylic acids is 1. The van der Waals surface area contributed by atoms with E-state index in [4.69, 9.17) is 5.11 Å². The molecule has 6 nitrogen and oxygen atoms in total. The summed E-state index contributed by atoms with van der Waals surface area (Å²) >= 11 is 0. The summed E-state index contributed by atoms with van der Waals surface area (Å²) in [6.07, 6.45) is 2.34. The van der Waals surface area contributed by atoms with Gasteiger partial charge in [-0.2, -0.15) is 4.58 Å². The molecule has 1 aromatic carbocycles. The quantitative estimate of drug-likeness (QED) is 0.340. The first-order chi connectivity index (χ1) is 12.7. The van der Waals surface area contributed by atoms with Crippen LogP contribution in [0, 0.1) is 0 Å². The van der Waals surface area contributed by atoms with Crippen LogP contribution in [0.3, 0.4) is 0 Å². The van der Waals surface area contributed by atoms with E-state index in [-0.39, 0.29) is 12.0 Å². The van der Waals surface area contributed by atoms with Crippen molar-refractivity contribution in [1.82, 2.24) is 0 Å². The number of hydrogen-bond acceptors (Lipinski definition) is 4. The number of fused-ring (bicyclic) bond motifs is 1. The fourth-order valence-corrected chi connectivity index (χ4v) is 3.80. The number of unbranched alkanes of at least 4 members (excludes halogenated alkanes) is 2. The number of carboxylic acid groups (broad SMARTS) is 1. The number of carbonyl (C=O) groups is 3. The van der Waals surface area contributed by atoms with Gasteiger partial charge in [-0.15, -0.1) is 0 Å². The van der Waals surface area contributed by atoms with Gasteiger partial charge < -0.3 is 10.2 Å². The van der Waals surface area contributed by atoms with Crippen molar-refractivity contribution in [3.05, 3.63) is 41.5 Å². The highest BCUT2D eigenvalue weighted by molar-refractivity contribution is 6.55. The fraction of sp³-hybridized carbons (Fsp3) is 0.429. The zero-order valence-electron chi connectivity index (χ0n) is 15.5. The minimum absolute atomic E-state index is 0.0340. The molecule has 1 unspecified atom stereocenters. The van der Waals surface area contributed by atoms with Crippen molar-refractivity contribution < 1.29 is 29.2 Å². The third-order valence-corrected chi connectivity index (χ3v) is 5.37. The van der Waals surface area contributed by atoms with Crippen LogP contribution in [0.25, 0.3) is 0 Å². The number of allylic oxidation sites excluding steroid dienone is 1. The molecule has 0 spiro atoms. The molecule has 2 aliphatic rings. The van der Waals surface area contributed by atoms with E-state index in [0.717, 1.165) is 29.8 Å². The van der Waals surface area contributed by atoms with Gasteiger partial charge in [0.25, 0.3) is 0 Å². The van der Waals surface area contributed by atoms with Crippen LogP contribution >= 0.6 is 0 Å². The minimum Gasteiger partial charge on any atom is -0.842 e. The molecular formula is C21H23NO5. The monoisotopic (exact) mass is 369 g/mol. The smallest absolute Gasteiger partial charge is 0.303 e. The highest BCUT2D eigenvalue weighted by atomic mass is 16.4. The summed E-state index contributed by atoms with van der Waals surface area (Å²) in [5.74, 6) is -2.35. The van der Waals surface area contributed by atoms with E-state index in [2.05, 4.69) is 4.58 Å². The van der Waals surface area contributed by atoms with E-state index in [1.165, 1.54) is 0 Å². The molecule has 1 aromatic rings. The van der Waals surface area contributed by atoms with Crippen LogP contribution in [0.4, 0.5) is 5.69 Å². The molecule has 0 aromatic heterocycles. The van der Waals surface area contributed by atoms with Gasteiger partial charge in [0.05, 0.1) is 5.41 Å². The molecule has 0 amide bonds. The van der Waals surface area contributed by atoms with Crippen LogP contribution < -0.4 is 5.11 Å². The van der Waals surface area contributed by atoms with Crippen LogP contribution in [0.5, 0.6) is 0 Å². The van der Waals surface area contributed by atoms with Crippen LogP contribution in [0.2, 0.25) is 0 Å². The Bertz CT molecular complexity index is 878. The van der Waals surface area contributed by atoms with E-state index >= 15 is 0 Å². The Labute approximate surface area is 157 Å². The lowest BCUT2D eigenvalue weighted by Crippen LogP contribution is -2.54. The lowest BCUT2D eigenvalue weighted by Gasteiger charge is -2.31. The summed E-state index contributed by atoms with van der Waals surface area (Å²) in [5.41, 5.74) is 2.59.